The number of hydrogen-bond donors (Lipinski definition) is 4. The van der Waals surface area contributed by atoms with Gasteiger partial charge in [0.15, 0.2) is 5.78 Å². The molecule has 0 atom stereocenters. The molecule has 0 fully saturated rings. The number of nitrogens with one attached hydrogen (secondary N) is 2. The van der Waals surface area contributed by atoms with Crippen LogP contribution in [0.1, 0.15) is 66.2 Å². The van der Waals surface area contributed by atoms with Crippen LogP contribution in [0.15, 0.2) is 22.9 Å². The largest absolute Gasteiger partial charge is 0.396 e. The van der Waals surface area contributed by atoms with Crippen LogP contribution in [0, 0.1) is 0 Å². The Hall–Kier alpha value is -1.09. The normalized spacial score (nSPS) is 12.5. The van der Waals surface area contributed by atoms with E-state index in [0.29, 0.717) is 12.8 Å². The molecule has 30 heavy (non-hydrogen) atoms. The van der Waals surface area contributed by atoms with Crippen LogP contribution in [0.5, 0.6) is 0 Å². The molecule has 0 unspecified atom stereocenters. The molecule has 2 aromatic heterocycles. The molecule has 7 heteroatoms. The van der Waals surface area contributed by atoms with Gasteiger partial charge in [-0.2, -0.15) is 0 Å². The topological polar surface area (TPSA) is 81.6 Å². The first-order valence-corrected chi connectivity index (χ1v) is 12.3. The first kappa shape index (κ1) is 25.2. The molecule has 0 saturated heterocycles. The molecule has 2 heterocycles. The van der Waals surface area contributed by atoms with E-state index in [4.69, 9.17) is 10.2 Å². The summed E-state index contributed by atoms with van der Waals surface area (Å²) < 4.78 is 0. The molecule has 2 aromatic rings. The molecule has 0 bridgehead atoms. The molecule has 0 amide bonds. The number of carbonyl (C=O) groups excluding carboxylic acids is 1. The molecule has 0 spiro atoms. The van der Waals surface area contributed by atoms with Gasteiger partial charge in [0.05, 0.1) is 0 Å². The zero-order valence-electron chi connectivity index (χ0n) is 18.6. The van der Waals surface area contributed by atoms with Crippen molar-refractivity contribution in [3.05, 3.63) is 43.8 Å². The summed E-state index contributed by atoms with van der Waals surface area (Å²) in [7, 11) is 0. The lowest BCUT2D eigenvalue weighted by Crippen LogP contribution is -2.41. The van der Waals surface area contributed by atoms with Crippen LogP contribution < -0.4 is 10.6 Å². The minimum atomic E-state index is -0.118. The van der Waals surface area contributed by atoms with Gasteiger partial charge in [-0.05, 0) is 76.3 Å². The number of thiophene rings is 2. The third-order valence-electron chi connectivity index (χ3n) is 5.36. The van der Waals surface area contributed by atoms with E-state index in [1.165, 1.54) is 0 Å². The Morgan fingerprint density at radius 2 is 1.23 bits per heavy atom. The van der Waals surface area contributed by atoms with Gasteiger partial charge in [-0.1, -0.05) is 0 Å². The van der Waals surface area contributed by atoms with Crippen LogP contribution in [0.3, 0.4) is 0 Å². The summed E-state index contributed by atoms with van der Waals surface area (Å²) in [6.45, 7) is 10.2. The Balaban J connectivity index is 1.99. The standard InChI is InChI=1S/C23H36N2O3S2/c1-22(2,9-13-26)24-11-5-19-17(7-15-29-19)21(28)18-8-16-30-20(18)6-12-25-23(3,4)10-14-27/h7-8,15-16,24-27H,5-6,9-14H2,1-4H3. The lowest BCUT2D eigenvalue weighted by Gasteiger charge is -2.25. The number of ketones is 1. The second kappa shape index (κ2) is 11.5. The van der Waals surface area contributed by atoms with Crippen molar-refractivity contribution in [3.8, 4) is 0 Å². The zero-order chi connectivity index (χ0) is 22.2. The van der Waals surface area contributed by atoms with E-state index in [1.54, 1.807) is 22.7 Å². The molecule has 0 aliphatic carbocycles. The molecule has 168 valence electrons. The van der Waals surface area contributed by atoms with Gasteiger partial charge in [0.1, 0.15) is 0 Å². The summed E-state index contributed by atoms with van der Waals surface area (Å²) >= 11 is 3.26. The van der Waals surface area contributed by atoms with Crippen molar-refractivity contribution < 1.29 is 15.0 Å². The second-order valence-electron chi connectivity index (χ2n) is 8.91. The molecule has 0 aliphatic rings. The maximum Gasteiger partial charge on any atom is 0.195 e. The molecule has 0 aromatic carbocycles. The van der Waals surface area contributed by atoms with Gasteiger partial charge in [0.2, 0.25) is 0 Å². The van der Waals surface area contributed by atoms with Crippen molar-refractivity contribution in [1.82, 2.24) is 10.6 Å². The van der Waals surface area contributed by atoms with Crippen molar-refractivity contribution in [2.75, 3.05) is 26.3 Å². The van der Waals surface area contributed by atoms with Gasteiger partial charge >= 0.3 is 0 Å². The average Bonchev–Trinajstić information content (AvgIpc) is 3.30. The van der Waals surface area contributed by atoms with E-state index in [0.717, 1.165) is 46.8 Å². The molecular formula is C23H36N2O3S2. The highest BCUT2D eigenvalue weighted by Gasteiger charge is 2.21. The average molecular weight is 453 g/mol. The lowest BCUT2D eigenvalue weighted by molar-refractivity contribution is 0.103. The Labute approximate surface area is 188 Å². The molecule has 4 N–H and O–H groups in total. The fourth-order valence-corrected chi connectivity index (χ4v) is 5.13. The monoisotopic (exact) mass is 452 g/mol. The summed E-state index contributed by atoms with van der Waals surface area (Å²) in [5.41, 5.74) is 1.37. The smallest absolute Gasteiger partial charge is 0.195 e. The Morgan fingerprint density at radius 3 is 1.60 bits per heavy atom. The number of aliphatic hydroxyl groups excluding tert-OH is 2. The SMILES string of the molecule is CC(C)(CCO)NCCc1sccc1C(=O)c1ccsc1CCNC(C)(C)CCO. The summed E-state index contributed by atoms with van der Waals surface area (Å²) in [5, 5.41) is 29.3. The van der Waals surface area contributed by atoms with Gasteiger partial charge in [0.25, 0.3) is 0 Å². The van der Waals surface area contributed by atoms with E-state index < -0.39 is 0 Å². The van der Waals surface area contributed by atoms with Crippen molar-refractivity contribution in [2.24, 2.45) is 0 Å². The van der Waals surface area contributed by atoms with Crippen LogP contribution in [0.4, 0.5) is 0 Å². The minimum Gasteiger partial charge on any atom is -0.396 e. The molecule has 2 rings (SSSR count). The minimum absolute atomic E-state index is 0.103. The fraction of sp³-hybridized carbons (Fsp3) is 0.609. The van der Waals surface area contributed by atoms with Crippen LogP contribution in [-0.2, 0) is 12.8 Å². The third kappa shape index (κ3) is 7.55. The summed E-state index contributed by atoms with van der Waals surface area (Å²) in [5.74, 6) is 0.103. The van der Waals surface area contributed by atoms with Crippen molar-refractivity contribution in [3.63, 3.8) is 0 Å². The Kier molecular flexibility index (Phi) is 9.66. The number of rotatable bonds is 14. The van der Waals surface area contributed by atoms with Crippen molar-refractivity contribution in [2.45, 2.75) is 64.5 Å². The van der Waals surface area contributed by atoms with Crippen LogP contribution in [-0.4, -0.2) is 53.4 Å². The van der Waals surface area contributed by atoms with Crippen LogP contribution in [0.2, 0.25) is 0 Å². The van der Waals surface area contributed by atoms with Gasteiger partial charge in [-0.3, -0.25) is 4.79 Å². The maximum absolute atomic E-state index is 13.2. The summed E-state index contributed by atoms with van der Waals surface area (Å²) in [4.78, 5) is 15.4. The highest BCUT2D eigenvalue weighted by molar-refractivity contribution is 7.11. The summed E-state index contributed by atoms with van der Waals surface area (Å²) in [6.07, 6.45) is 2.99. The van der Waals surface area contributed by atoms with Gasteiger partial charge in [-0.15, -0.1) is 22.7 Å². The van der Waals surface area contributed by atoms with E-state index in [9.17, 15) is 4.79 Å². The molecule has 0 saturated carbocycles. The van der Waals surface area contributed by atoms with Gasteiger partial charge in [0, 0.05) is 58.3 Å². The lowest BCUT2D eigenvalue weighted by atomic mass is 9.99. The second-order valence-corrected chi connectivity index (χ2v) is 10.9. The predicted molar refractivity (Wildman–Crippen MR) is 127 cm³/mol. The first-order valence-electron chi connectivity index (χ1n) is 10.6. The summed E-state index contributed by atoms with van der Waals surface area (Å²) in [6, 6.07) is 3.87. The molecular weight excluding hydrogens is 416 g/mol. The molecule has 5 nitrogen and oxygen atoms in total. The quantitative estimate of drug-likeness (QED) is 0.329. The highest BCUT2D eigenvalue weighted by atomic mass is 32.1. The third-order valence-corrected chi connectivity index (χ3v) is 7.33. The fourth-order valence-electron chi connectivity index (χ4n) is 3.38. The van der Waals surface area contributed by atoms with Gasteiger partial charge in [-0.25, -0.2) is 0 Å². The Morgan fingerprint density at radius 1 is 0.833 bits per heavy atom. The molecule has 0 aliphatic heterocycles. The maximum atomic E-state index is 13.2. The molecule has 0 radical (unpaired) electrons. The number of aliphatic hydroxyl groups is 2. The van der Waals surface area contributed by atoms with Crippen LogP contribution >= 0.6 is 22.7 Å². The van der Waals surface area contributed by atoms with E-state index in [1.807, 2.05) is 22.9 Å². The number of carbonyl (C=O) groups is 1. The van der Waals surface area contributed by atoms with E-state index >= 15 is 0 Å². The van der Waals surface area contributed by atoms with E-state index in [-0.39, 0.29) is 30.1 Å². The Bertz CT molecular complexity index is 732. The van der Waals surface area contributed by atoms with Crippen molar-refractivity contribution in [1.29, 1.82) is 0 Å². The highest BCUT2D eigenvalue weighted by Crippen LogP contribution is 2.26. The van der Waals surface area contributed by atoms with Crippen LogP contribution in [0.25, 0.3) is 0 Å². The zero-order valence-corrected chi connectivity index (χ0v) is 20.2. The van der Waals surface area contributed by atoms with E-state index in [2.05, 4.69) is 38.3 Å². The van der Waals surface area contributed by atoms with Gasteiger partial charge < -0.3 is 20.8 Å². The first-order chi connectivity index (χ1) is 14.2. The van der Waals surface area contributed by atoms with Crippen molar-refractivity contribution >= 4 is 28.5 Å². The predicted octanol–water partition coefficient (Wildman–Crippen LogP) is 3.63. The number of hydrogen-bond acceptors (Lipinski definition) is 7.